The van der Waals surface area contributed by atoms with Crippen LogP contribution in [0.1, 0.15) is 33.1 Å². The van der Waals surface area contributed by atoms with E-state index in [1.54, 1.807) is 36.1 Å². The van der Waals surface area contributed by atoms with Crippen molar-refractivity contribution in [2.24, 2.45) is 12.8 Å². The molecule has 3 heterocycles. The van der Waals surface area contributed by atoms with E-state index in [0.717, 1.165) is 23.5 Å². The first kappa shape index (κ1) is 23.8. The van der Waals surface area contributed by atoms with Gasteiger partial charge in [0.25, 0.3) is 5.56 Å². The van der Waals surface area contributed by atoms with Gasteiger partial charge in [0.2, 0.25) is 5.78 Å². The van der Waals surface area contributed by atoms with Gasteiger partial charge < -0.3 is 20.2 Å². The molecule has 0 aliphatic heterocycles. The minimum Gasteiger partial charge on any atom is -0.398 e. The van der Waals surface area contributed by atoms with Crippen molar-refractivity contribution in [1.29, 1.82) is 0 Å². The van der Waals surface area contributed by atoms with E-state index in [2.05, 4.69) is 20.3 Å². The molecule has 4 aromatic rings. The monoisotopic (exact) mass is 469 g/mol. The topological polar surface area (TPSA) is 121 Å². The summed E-state index contributed by atoms with van der Waals surface area (Å²) in [5.74, 6) is 0.407. The van der Waals surface area contributed by atoms with Crippen molar-refractivity contribution < 1.29 is 4.79 Å². The third-order valence-electron chi connectivity index (χ3n) is 5.66. The van der Waals surface area contributed by atoms with E-state index < -0.39 is 0 Å². The maximum absolute atomic E-state index is 13.0. The van der Waals surface area contributed by atoms with Crippen LogP contribution in [0.4, 0.5) is 0 Å². The molecule has 0 aliphatic carbocycles. The summed E-state index contributed by atoms with van der Waals surface area (Å²) in [7, 11) is 3.75. The summed E-state index contributed by atoms with van der Waals surface area (Å²) < 4.78 is 3.41. The molecule has 9 nitrogen and oxygen atoms in total. The molecule has 9 heteroatoms. The van der Waals surface area contributed by atoms with Gasteiger partial charge in [-0.3, -0.25) is 14.6 Å². The SMILES string of the molecule is CNCc1ccc(/C(N)=C/C(=O)c2nc(-c3ccc(=O)n(Cc4nccn4C)c3)cnc2C)cc1. The second-order valence-electron chi connectivity index (χ2n) is 8.22. The van der Waals surface area contributed by atoms with E-state index in [0.29, 0.717) is 29.2 Å². The molecule has 0 saturated carbocycles. The number of allylic oxidation sites excluding steroid dienone is 1. The Kier molecular flexibility index (Phi) is 6.98. The smallest absolute Gasteiger partial charge is 0.250 e. The van der Waals surface area contributed by atoms with E-state index in [9.17, 15) is 9.59 Å². The summed E-state index contributed by atoms with van der Waals surface area (Å²) in [6.07, 6.45) is 8.16. The quantitative estimate of drug-likeness (QED) is 0.300. The maximum atomic E-state index is 13.0. The van der Waals surface area contributed by atoms with E-state index in [-0.39, 0.29) is 17.0 Å². The van der Waals surface area contributed by atoms with Crippen LogP contribution in [0.2, 0.25) is 0 Å². The Morgan fingerprint density at radius 1 is 1.14 bits per heavy atom. The Hall–Kier alpha value is -4.37. The molecule has 35 heavy (non-hydrogen) atoms. The third-order valence-corrected chi connectivity index (χ3v) is 5.66. The number of rotatable bonds is 8. The zero-order chi connectivity index (χ0) is 24.9. The second kappa shape index (κ2) is 10.3. The highest BCUT2D eigenvalue weighted by Gasteiger charge is 2.14. The lowest BCUT2D eigenvalue weighted by molar-refractivity contribution is 0.104. The molecule has 0 fully saturated rings. The van der Waals surface area contributed by atoms with Gasteiger partial charge in [0.1, 0.15) is 11.5 Å². The number of nitrogens with one attached hydrogen (secondary N) is 1. The van der Waals surface area contributed by atoms with Crippen molar-refractivity contribution in [1.82, 2.24) is 29.4 Å². The predicted molar refractivity (Wildman–Crippen MR) is 134 cm³/mol. The third kappa shape index (κ3) is 5.42. The summed E-state index contributed by atoms with van der Waals surface area (Å²) in [6, 6.07) is 10.8. The molecule has 0 radical (unpaired) electrons. The number of hydrogen-bond acceptors (Lipinski definition) is 7. The average Bonchev–Trinajstić information content (AvgIpc) is 3.25. The lowest BCUT2D eigenvalue weighted by atomic mass is 10.1. The molecule has 0 bridgehead atoms. The fourth-order valence-corrected chi connectivity index (χ4v) is 3.64. The first-order chi connectivity index (χ1) is 16.9. The molecule has 0 atom stereocenters. The molecule has 3 N–H and O–H groups in total. The van der Waals surface area contributed by atoms with Gasteiger partial charge >= 0.3 is 0 Å². The van der Waals surface area contributed by atoms with Crippen LogP contribution in [0, 0.1) is 6.92 Å². The standard InChI is InChI=1S/C26H27N7O2/c1-17-26(23(34)12-21(27)19-6-4-18(5-7-19)13-28-2)31-22(14-30-17)20-8-9-25(35)33(15-20)16-24-29-10-11-32(24)3/h4-12,14-15,28H,13,16,27H2,1-3H3/b21-12-. The van der Waals surface area contributed by atoms with Crippen LogP contribution < -0.4 is 16.6 Å². The van der Waals surface area contributed by atoms with Gasteiger partial charge in [-0.05, 0) is 31.2 Å². The molecule has 4 rings (SSSR count). The van der Waals surface area contributed by atoms with Gasteiger partial charge in [-0.2, -0.15) is 0 Å². The number of ketones is 1. The van der Waals surface area contributed by atoms with Crippen LogP contribution in [0.3, 0.4) is 0 Å². The van der Waals surface area contributed by atoms with Crippen LogP contribution in [0.5, 0.6) is 0 Å². The average molecular weight is 470 g/mol. The van der Waals surface area contributed by atoms with Gasteiger partial charge in [-0.25, -0.2) is 9.97 Å². The number of aryl methyl sites for hydroxylation is 2. The maximum Gasteiger partial charge on any atom is 0.250 e. The van der Waals surface area contributed by atoms with E-state index in [1.165, 1.54) is 12.1 Å². The lowest BCUT2D eigenvalue weighted by Crippen LogP contribution is -2.21. The summed E-state index contributed by atoms with van der Waals surface area (Å²) in [5, 5.41) is 3.09. The minimum absolute atomic E-state index is 0.162. The van der Waals surface area contributed by atoms with Crippen molar-refractivity contribution in [2.45, 2.75) is 20.0 Å². The van der Waals surface area contributed by atoms with E-state index in [1.807, 2.05) is 49.1 Å². The van der Waals surface area contributed by atoms with Gasteiger partial charge in [0.05, 0.1) is 24.1 Å². The number of nitrogens with two attached hydrogens (primary N) is 1. The van der Waals surface area contributed by atoms with Gasteiger partial charge in [0, 0.05) is 55.6 Å². The molecule has 0 amide bonds. The van der Waals surface area contributed by atoms with E-state index >= 15 is 0 Å². The number of aromatic nitrogens is 5. The van der Waals surface area contributed by atoms with E-state index in [4.69, 9.17) is 5.73 Å². The Balaban J connectivity index is 1.62. The molecule has 0 saturated heterocycles. The number of benzene rings is 1. The van der Waals surface area contributed by atoms with Gasteiger partial charge in [-0.1, -0.05) is 24.3 Å². The highest BCUT2D eigenvalue weighted by Crippen LogP contribution is 2.18. The largest absolute Gasteiger partial charge is 0.398 e. The van der Waals surface area contributed by atoms with Crippen LogP contribution >= 0.6 is 0 Å². The Bertz CT molecular complexity index is 1450. The van der Waals surface area contributed by atoms with Crippen LogP contribution in [-0.4, -0.2) is 36.9 Å². The predicted octanol–water partition coefficient (Wildman–Crippen LogP) is 2.30. The fraction of sp³-hybridized carbons (Fsp3) is 0.192. The highest BCUT2D eigenvalue weighted by atomic mass is 16.1. The zero-order valence-electron chi connectivity index (χ0n) is 19.9. The number of hydrogen-bond donors (Lipinski definition) is 2. The van der Waals surface area contributed by atoms with Crippen LogP contribution in [0.25, 0.3) is 17.0 Å². The first-order valence-corrected chi connectivity index (χ1v) is 11.1. The van der Waals surface area contributed by atoms with Crippen molar-refractivity contribution in [2.75, 3.05) is 7.05 Å². The summed E-state index contributed by atoms with van der Waals surface area (Å²) >= 11 is 0. The number of pyridine rings is 1. The minimum atomic E-state index is -0.338. The van der Waals surface area contributed by atoms with Gasteiger partial charge in [0.15, 0.2) is 0 Å². The van der Waals surface area contributed by atoms with Crippen LogP contribution in [0.15, 0.2) is 72.1 Å². The molecule has 0 unspecified atom stereocenters. The first-order valence-electron chi connectivity index (χ1n) is 11.1. The van der Waals surface area contributed by atoms with Crippen molar-refractivity contribution in [3.8, 4) is 11.3 Å². The summed E-state index contributed by atoms with van der Waals surface area (Å²) in [6.45, 7) is 2.79. The summed E-state index contributed by atoms with van der Waals surface area (Å²) in [4.78, 5) is 38.6. The van der Waals surface area contributed by atoms with Crippen LogP contribution in [-0.2, 0) is 20.1 Å². The van der Waals surface area contributed by atoms with Crippen molar-refractivity contribution >= 4 is 11.5 Å². The Morgan fingerprint density at radius 3 is 2.60 bits per heavy atom. The molecule has 178 valence electrons. The highest BCUT2D eigenvalue weighted by molar-refractivity contribution is 6.07. The van der Waals surface area contributed by atoms with Gasteiger partial charge in [-0.15, -0.1) is 0 Å². The molecule has 1 aromatic carbocycles. The van der Waals surface area contributed by atoms with Crippen molar-refractivity contribution in [3.63, 3.8) is 0 Å². The molecule has 0 aliphatic rings. The molecule has 0 spiro atoms. The molecular weight excluding hydrogens is 442 g/mol. The fourth-order valence-electron chi connectivity index (χ4n) is 3.64. The second-order valence-corrected chi connectivity index (χ2v) is 8.22. The Labute approximate surface area is 203 Å². The number of carbonyl (C=O) groups excluding carboxylic acids is 1. The zero-order valence-corrected chi connectivity index (χ0v) is 19.9. The normalized spacial score (nSPS) is 11.6. The lowest BCUT2D eigenvalue weighted by Gasteiger charge is -2.10. The Morgan fingerprint density at radius 2 is 1.91 bits per heavy atom. The number of carbonyl (C=O) groups is 1. The summed E-state index contributed by atoms with van der Waals surface area (Å²) in [5.41, 5.74) is 10.1. The van der Waals surface area contributed by atoms with Crippen molar-refractivity contribution in [3.05, 3.63) is 106 Å². The number of nitrogens with zero attached hydrogens (tertiary/aromatic N) is 5. The molecular formula is C26H27N7O2. The number of imidazole rings is 1. The molecule has 3 aromatic heterocycles.